The van der Waals surface area contributed by atoms with Gasteiger partial charge in [-0.2, -0.15) is 0 Å². The zero-order chi connectivity index (χ0) is 25.2. The minimum Gasteiger partial charge on any atom is -0.457 e. The lowest BCUT2D eigenvalue weighted by Crippen LogP contribution is -2.39. The van der Waals surface area contributed by atoms with E-state index in [0.717, 1.165) is 46.9 Å². The van der Waals surface area contributed by atoms with Crippen LogP contribution in [0.4, 0.5) is 4.79 Å². The van der Waals surface area contributed by atoms with Gasteiger partial charge in [0.2, 0.25) is 0 Å². The first-order valence-electron chi connectivity index (χ1n) is 11.9. The van der Waals surface area contributed by atoms with E-state index in [4.69, 9.17) is 14.2 Å². The topological polar surface area (TPSA) is 65.8 Å². The highest BCUT2D eigenvalue weighted by Gasteiger charge is 2.26. The zero-order valence-electron chi connectivity index (χ0n) is 21.7. The highest BCUT2D eigenvalue weighted by molar-refractivity contribution is 8.32. The summed E-state index contributed by atoms with van der Waals surface area (Å²) in [4.78, 5) is 18.8. The number of rotatable bonds is 7. The summed E-state index contributed by atoms with van der Waals surface area (Å²) in [6, 6.07) is 9.99. The highest BCUT2D eigenvalue weighted by Crippen LogP contribution is 2.34. The van der Waals surface area contributed by atoms with E-state index in [1.807, 2.05) is 55.8 Å². The molecule has 4 rings (SSSR count). The molecule has 0 N–H and O–H groups in total. The lowest BCUT2D eigenvalue weighted by molar-refractivity contribution is 0.0224. The van der Waals surface area contributed by atoms with Crippen molar-refractivity contribution in [1.29, 1.82) is 0 Å². The summed E-state index contributed by atoms with van der Waals surface area (Å²) in [6.07, 6.45) is 11.1. The SMILES string of the molecule is CC(C)(C)OC(=O)N1CCc2ccc(Oc3ccnc4c3ccn4COCCS(C)(C)C)cc2C1. The molecule has 0 saturated carbocycles. The Morgan fingerprint density at radius 3 is 2.66 bits per heavy atom. The number of benzene rings is 1. The van der Waals surface area contributed by atoms with Gasteiger partial charge in [0.05, 0.1) is 12.0 Å². The first kappa shape index (κ1) is 25.4. The number of amides is 1. The molecule has 0 saturated heterocycles. The van der Waals surface area contributed by atoms with Crippen molar-refractivity contribution >= 4 is 27.2 Å². The van der Waals surface area contributed by atoms with Gasteiger partial charge >= 0.3 is 6.09 Å². The Bertz CT molecular complexity index is 1190. The minimum atomic E-state index is -0.571. The average Bonchev–Trinajstić information content (AvgIpc) is 3.18. The van der Waals surface area contributed by atoms with E-state index in [2.05, 4.69) is 29.8 Å². The molecule has 0 spiro atoms. The van der Waals surface area contributed by atoms with Crippen LogP contribution in [-0.4, -0.2) is 63.8 Å². The predicted octanol–water partition coefficient (Wildman–Crippen LogP) is 5.79. The molecule has 3 aromatic rings. The molecular formula is C27H37N3O4S. The van der Waals surface area contributed by atoms with E-state index in [0.29, 0.717) is 19.8 Å². The Labute approximate surface area is 209 Å². The summed E-state index contributed by atoms with van der Waals surface area (Å²) in [6.45, 7) is 8.03. The second-order valence-corrected chi connectivity index (χ2v) is 15.4. The molecule has 0 fully saturated rings. The largest absolute Gasteiger partial charge is 0.457 e. The van der Waals surface area contributed by atoms with Crippen LogP contribution in [0.25, 0.3) is 11.0 Å². The van der Waals surface area contributed by atoms with Gasteiger partial charge in [-0.05, 0) is 81.4 Å². The zero-order valence-corrected chi connectivity index (χ0v) is 22.5. The molecule has 1 amide bonds. The lowest BCUT2D eigenvalue weighted by atomic mass is 10.00. The molecule has 190 valence electrons. The molecule has 0 bridgehead atoms. The Morgan fingerprint density at radius 1 is 1.11 bits per heavy atom. The Morgan fingerprint density at radius 2 is 1.91 bits per heavy atom. The van der Waals surface area contributed by atoms with E-state index in [1.165, 1.54) is 5.56 Å². The van der Waals surface area contributed by atoms with Crippen LogP contribution in [0.5, 0.6) is 11.5 Å². The molecule has 8 heteroatoms. The van der Waals surface area contributed by atoms with Gasteiger partial charge in [-0.3, -0.25) is 0 Å². The number of nitrogens with zero attached hydrogens (tertiary/aromatic N) is 3. The van der Waals surface area contributed by atoms with Crippen molar-refractivity contribution in [3.05, 3.63) is 53.9 Å². The second-order valence-electron chi connectivity index (χ2n) is 10.8. The van der Waals surface area contributed by atoms with Gasteiger partial charge in [0.25, 0.3) is 0 Å². The summed E-state index contributed by atoms with van der Waals surface area (Å²) in [5, 5.41) is 0.936. The number of ether oxygens (including phenoxy) is 3. The minimum absolute atomic E-state index is 0.280. The molecule has 1 aliphatic heterocycles. The van der Waals surface area contributed by atoms with Crippen LogP contribution in [0.15, 0.2) is 42.7 Å². The normalized spacial score (nSPS) is 14.6. The summed E-state index contributed by atoms with van der Waals surface area (Å²) in [7, 11) is -0.571. The van der Waals surface area contributed by atoms with Crippen molar-refractivity contribution in [3.8, 4) is 11.5 Å². The number of carbonyl (C=O) groups is 1. The monoisotopic (exact) mass is 499 g/mol. The molecule has 7 nitrogen and oxygen atoms in total. The fourth-order valence-corrected chi connectivity index (χ4v) is 4.55. The van der Waals surface area contributed by atoms with E-state index in [1.54, 1.807) is 11.1 Å². The fourth-order valence-electron chi connectivity index (χ4n) is 3.94. The number of pyridine rings is 1. The maximum absolute atomic E-state index is 12.5. The van der Waals surface area contributed by atoms with Crippen molar-refractivity contribution in [2.75, 3.05) is 37.7 Å². The van der Waals surface area contributed by atoms with Crippen LogP contribution < -0.4 is 4.74 Å². The van der Waals surface area contributed by atoms with Crippen molar-refractivity contribution in [2.45, 2.75) is 46.1 Å². The van der Waals surface area contributed by atoms with E-state index >= 15 is 0 Å². The smallest absolute Gasteiger partial charge is 0.410 e. The van der Waals surface area contributed by atoms with Crippen LogP contribution in [0, 0.1) is 0 Å². The van der Waals surface area contributed by atoms with Gasteiger partial charge in [0, 0.05) is 31.2 Å². The van der Waals surface area contributed by atoms with E-state index < -0.39 is 15.6 Å². The second kappa shape index (κ2) is 10.1. The van der Waals surface area contributed by atoms with Crippen LogP contribution in [0.2, 0.25) is 0 Å². The standard InChI is InChI=1S/C27H37N3O4S/c1-27(2,3)34-26(31)29-13-10-20-7-8-22(17-21(20)18-29)33-24-9-12-28-25-23(24)11-14-30(25)19-32-15-16-35(4,5)6/h7-9,11-12,14,17H,10,13,15-16,18-19H2,1-6H3. The molecule has 0 radical (unpaired) electrons. The highest BCUT2D eigenvalue weighted by atomic mass is 32.3. The molecule has 2 aromatic heterocycles. The summed E-state index contributed by atoms with van der Waals surface area (Å²) >= 11 is 0. The maximum atomic E-state index is 12.5. The van der Waals surface area contributed by atoms with Crippen LogP contribution in [0.1, 0.15) is 31.9 Å². The average molecular weight is 500 g/mol. The summed E-state index contributed by atoms with van der Waals surface area (Å²) in [5.74, 6) is 2.56. The van der Waals surface area contributed by atoms with Crippen molar-refractivity contribution < 1.29 is 19.0 Å². The number of aromatic nitrogens is 2. The quantitative estimate of drug-likeness (QED) is 0.385. The van der Waals surface area contributed by atoms with Gasteiger partial charge in [-0.1, -0.05) is 6.07 Å². The third-order valence-electron chi connectivity index (χ3n) is 5.76. The molecule has 0 atom stereocenters. The van der Waals surface area contributed by atoms with Gasteiger partial charge in [0.15, 0.2) is 0 Å². The third kappa shape index (κ3) is 6.70. The molecule has 0 aliphatic carbocycles. The van der Waals surface area contributed by atoms with Crippen LogP contribution in [0.3, 0.4) is 0 Å². The number of hydrogen-bond donors (Lipinski definition) is 0. The molecular weight excluding hydrogens is 462 g/mol. The van der Waals surface area contributed by atoms with Crippen molar-refractivity contribution in [1.82, 2.24) is 14.5 Å². The molecule has 1 aromatic carbocycles. The first-order valence-corrected chi connectivity index (χ1v) is 15.0. The third-order valence-corrected chi connectivity index (χ3v) is 7.15. The fraction of sp³-hybridized carbons (Fsp3) is 0.481. The first-order chi connectivity index (χ1) is 16.5. The van der Waals surface area contributed by atoms with Crippen LogP contribution >= 0.6 is 10.0 Å². The lowest BCUT2D eigenvalue weighted by Gasteiger charge is -2.31. The van der Waals surface area contributed by atoms with Crippen molar-refractivity contribution in [2.24, 2.45) is 0 Å². The van der Waals surface area contributed by atoms with E-state index in [9.17, 15) is 4.79 Å². The Balaban J connectivity index is 1.46. The maximum Gasteiger partial charge on any atom is 0.410 e. The van der Waals surface area contributed by atoms with Gasteiger partial charge < -0.3 is 23.7 Å². The van der Waals surface area contributed by atoms with E-state index in [-0.39, 0.29) is 6.09 Å². The van der Waals surface area contributed by atoms with Crippen molar-refractivity contribution in [3.63, 3.8) is 0 Å². The van der Waals surface area contributed by atoms with Gasteiger partial charge in [-0.25, -0.2) is 19.8 Å². The molecule has 3 heterocycles. The number of carbonyl (C=O) groups excluding carboxylic acids is 1. The summed E-state index contributed by atoms with van der Waals surface area (Å²) in [5.41, 5.74) is 2.64. The van der Waals surface area contributed by atoms with Gasteiger partial charge in [0.1, 0.15) is 29.5 Å². The van der Waals surface area contributed by atoms with Crippen LogP contribution in [-0.2, 0) is 29.2 Å². The predicted molar refractivity (Wildman–Crippen MR) is 143 cm³/mol. The molecule has 35 heavy (non-hydrogen) atoms. The molecule has 0 unspecified atom stereocenters. The Kier molecular flexibility index (Phi) is 7.33. The number of fused-ring (bicyclic) bond motifs is 2. The summed E-state index contributed by atoms with van der Waals surface area (Å²) < 4.78 is 19.8. The Hall–Kier alpha value is -2.71. The molecule has 1 aliphatic rings. The van der Waals surface area contributed by atoms with Gasteiger partial charge in [-0.15, -0.1) is 0 Å². The number of hydrogen-bond acceptors (Lipinski definition) is 5.